The van der Waals surface area contributed by atoms with Gasteiger partial charge in [0.15, 0.2) is 0 Å². The van der Waals surface area contributed by atoms with Crippen molar-refractivity contribution in [2.45, 2.75) is 26.7 Å². The minimum atomic E-state index is 0. The summed E-state index contributed by atoms with van der Waals surface area (Å²) in [4.78, 5) is 0. The van der Waals surface area contributed by atoms with Crippen molar-refractivity contribution in [3.05, 3.63) is 6.42 Å². The van der Waals surface area contributed by atoms with Crippen LogP contribution in [-0.4, -0.2) is 13.2 Å². The molecule has 0 radical (unpaired) electrons. The Hall–Kier alpha value is 1.31. The van der Waals surface area contributed by atoms with E-state index in [1.54, 1.807) is 0 Å². The quantitative estimate of drug-likeness (QED) is 0.318. The third-order valence-electron chi connectivity index (χ3n) is 0.827. The number of hydrogen-bond donors (Lipinski definition) is 0. The molecule has 0 N–H and O–H groups in total. The molecule has 58 valence electrons. The Morgan fingerprint density at radius 1 is 1.10 bits per heavy atom. The van der Waals surface area contributed by atoms with Crippen LogP contribution in [0.5, 0.6) is 0 Å². The summed E-state index contributed by atoms with van der Waals surface area (Å²) in [5, 5.41) is 0. The van der Waals surface area contributed by atoms with E-state index in [1.807, 2.05) is 20.3 Å². The molecule has 0 aromatic rings. The summed E-state index contributed by atoms with van der Waals surface area (Å²) in [7, 11) is 0. The largest absolute Gasteiger partial charge is 2.00 e. The maximum Gasteiger partial charge on any atom is 2.00 e. The Morgan fingerprint density at radius 3 is 1.50 bits per heavy atom. The molecule has 1 rings (SSSR count). The molecular formula is C7H15IOZn. The van der Waals surface area contributed by atoms with E-state index in [-0.39, 0.29) is 43.5 Å². The molecule has 0 atom stereocenters. The number of halogens is 1. The first-order chi connectivity index (χ1) is 3.91. The Kier molecular flexibility index (Phi) is 29.1. The van der Waals surface area contributed by atoms with Crippen LogP contribution in [0.25, 0.3) is 0 Å². The topological polar surface area (TPSA) is 9.23 Å². The Morgan fingerprint density at radius 2 is 1.40 bits per heavy atom. The third-order valence-corrected chi connectivity index (χ3v) is 0.827. The van der Waals surface area contributed by atoms with Gasteiger partial charge in [-0.1, -0.05) is 0 Å². The summed E-state index contributed by atoms with van der Waals surface area (Å²) in [5.41, 5.74) is 0. The van der Waals surface area contributed by atoms with E-state index < -0.39 is 0 Å². The molecule has 1 nitrogen and oxygen atoms in total. The van der Waals surface area contributed by atoms with Crippen LogP contribution in [0.1, 0.15) is 26.7 Å². The van der Waals surface area contributed by atoms with Crippen molar-refractivity contribution in [1.82, 2.24) is 0 Å². The van der Waals surface area contributed by atoms with Gasteiger partial charge in [-0.25, -0.2) is 0 Å². The van der Waals surface area contributed by atoms with Crippen molar-refractivity contribution < 1.29 is 48.2 Å². The average Bonchev–Trinajstić information content (AvgIpc) is 2.17. The molecule has 0 saturated carbocycles. The molecule has 0 spiro atoms. The first-order valence-electron chi connectivity index (χ1n) is 3.23. The first kappa shape index (κ1) is 17.4. The van der Waals surface area contributed by atoms with Gasteiger partial charge in [-0.15, -0.1) is 0 Å². The van der Waals surface area contributed by atoms with Crippen molar-refractivity contribution in [3.8, 4) is 0 Å². The normalized spacial score (nSPS) is 13.8. The molecule has 0 amide bonds. The summed E-state index contributed by atoms with van der Waals surface area (Å²) in [6.07, 6.45) is 4.56. The molecule has 0 aromatic carbocycles. The molecule has 3 heteroatoms. The minimum absolute atomic E-state index is 0. The van der Waals surface area contributed by atoms with Crippen molar-refractivity contribution in [2.24, 2.45) is 0 Å². The van der Waals surface area contributed by atoms with Gasteiger partial charge in [-0.3, -0.25) is 0 Å². The number of rotatable bonds is 0. The SMILES string of the molecule is C1CCOC1.C[CH-]C.[I-].[Zn+2]. The fraction of sp³-hybridized carbons (Fsp3) is 0.857. The molecule has 1 fully saturated rings. The fourth-order valence-corrected chi connectivity index (χ4v) is 0.510. The third kappa shape index (κ3) is 16.1. The van der Waals surface area contributed by atoms with Crippen LogP contribution in [0.2, 0.25) is 0 Å². The first-order valence-corrected chi connectivity index (χ1v) is 3.23. The molecular weight excluding hydrogens is 292 g/mol. The molecule has 0 aliphatic carbocycles. The van der Waals surface area contributed by atoms with Crippen LogP contribution in [0.3, 0.4) is 0 Å². The Balaban J connectivity index is -0.0000000900. The van der Waals surface area contributed by atoms with Gasteiger partial charge in [0.25, 0.3) is 0 Å². The minimum Gasteiger partial charge on any atom is -1.00 e. The van der Waals surface area contributed by atoms with Gasteiger partial charge in [0.1, 0.15) is 0 Å². The number of ether oxygens (including phenoxy) is 1. The molecule has 1 saturated heterocycles. The zero-order valence-electron chi connectivity index (χ0n) is 6.90. The van der Waals surface area contributed by atoms with Gasteiger partial charge < -0.3 is 35.1 Å². The van der Waals surface area contributed by atoms with Crippen molar-refractivity contribution >= 4 is 0 Å². The molecule has 1 aliphatic heterocycles. The molecule has 1 aliphatic rings. The molecule has 0 unspecified atom stereocenters. The summed E-state index contributed by atoms with van der Waals surface area (Å²) in [6, 6.07) is 0. The van der Waals surface area contributed by atoms with Gasteiger partial charge in [0, 0.05) is 13.2 Å². The van der Waals surface area contributed by atoms with E-state index in [1.165, 1.54) is 12.8 Å². The van der Waals surface area contributed by atoms with Crippen LogP contribution >= 0.6 is 0 Å². The van der Waals surface area contributed by atoms with Crippen LogP contribution in [0, 0.1) is 6.42 Å². The van der Waals surface area contributed by atoms with Crippen LogP contribution < -0.4 is 24.0 Å². The maximum absolute atomic E-state index is 4.94. The fourth-order valence-electron chi connectivity index (χ4n) is 0.510. The van der Waals surface area contributed by atoms with Crippen molar-refractivity contribution in [2.75, 3.05) is 13.2 Å². The summed E-state index contributed by atoms with van der Waals surface area (Å²) in [6.45, 7) is 6.00. The van der Waals surface area contributed by atoms with Gasteiger partial charge in [-0.2, -0.15) is 13.8 Å². The second-order valence-electron chi connectivity index (χ2n) is 1.90. The zero-order chi connectivity index (χ0) is 6.24. The molecule has 1 heterocycles. The van der Waals surface area contributed by atoms with Crippen molar-refractivity contribution in [1.29, 1.82) is 0 Å². The van der Waals surface area contributed by atoms with E-state index in [4.69, 9.17) is 4.74 Å². The van der Waals surface area contributed by atoms with Gasteiger partial charge in [0.2, 0.25) is 0 Å². The predicted molar refractivity (Wildman–Crippen MR) is 35.7 cm³/mol. The average molecular weight is 307 g/mol. The Labute approximate surface area is 94.1 Å². The predicted octanol–water partition coefficient (Wildman–Crippen LogP) is -0.971. The van der Waals surface area contributed by atoms with Crippen LogP contribution in [0.15, 0.2) is 0 Å². The summed E-state index contributed by atoms with van der Waals surface area (Å²) < 4.78 is 4.94. The van der Waals surface area contributed by atoms with Gasteiger partial charge in [0.05, 0.1) is 0 Å². The second-order valence-corrected chi connectivity index (χ2v) is 1.90. The number of hydrogen-bond acceptors (Lipinski definition) is 1. The monoisotopic (exact) mass is 306 g/mol. The molecule has 10 heavy (non-hydrogen) atoms. The standard InChI is InChI=1S/C4H8O.C3H7.HI.Zn/c1-2-4-5-3-1;1-3-2;;/h1-4H2;3H,1-2H3;1H;/q;-1;;+2/p-1. The van der Waals surface area contributed by atoms with Crippen LogP contribution in [-0.2, 0) is 24.2 Å². The molecule has 0 bridgehead atoms. The van der Waals surface area contributed by atoms with Gasteiger partial charge in [-0.05, 0) is 12.8 Å². The zero-order valence-corrected chi connectivity index (χ0v) is 12.0. The van der Waals surface area contributed by atoms with E-state index in [9.17, 15) is 0 Å². The smallest absolute Gasteiger partial charge is 1.00 e. The van der Waals surface area contributed by atoms with E-state index in [0.717, 1.165) is 13.2 Å². The van der Waals surface area contributed by atoms with E-state index in [0.29, 0.717) is 0 Å². The summed E-state index contributed by atoms with van der Waals surface area (Å²) >= 11 is 0. The Bertz CT molecular complexity index is 33.0. The van der Waals surface area contributed by atoms with Crippen molar-refractivity contribution in [3.63, 3.8) is 0 Å². The maximum atomic E-state index is 4.94. The van der Waals surface area contributed by atoms with E-state index >= 15 is 0 Å². The van der Waals surface area contributed by atoms with E-state index in [2.05, 4.69) is 0 Å². The second kappa shape index (κ2) is 16.7. The van der Waals surface area contributed by atoms with Crippen LogP contribution in [0.4, 0.5) is 0 Å². The summed E-state index contributed by atoms with van der Waals surface area (Å²) in [5.74, 6) is 0. The van der Waals surface area contributed by atoms with Gasteiger partial charge >= 0.3 is 19.5 Å². The molecule has 0 aromatic heterocycles.